The Labute approximate surface area is 143 Å². The Kier molecular flexibility index (Phi) is 12.5. The third-order valence-corrected chi connectivity index (χ3v) is 2.96. The molecule has 106 valence electrons. The SMILES string of the molecule is Nc1cnc(-c2cc(Cl)cc(Cl)c2Cl)cn1.O.O.[Li+].[NH2-]. The standard InChI is InChI=1S/C10H6Cl3N3.Li.H2N.2H2O/c11-5-1-6(10(13)7(12)2-5)8-3-16-9(14)4-15-8;;;;/h1-4H,(H2,14,16);;3*1H2/q;+1;-1;;. The van der Waals surface area contributed by atoms with E-state index in [2.05, 4.69) is 9.97 Å². The minimum atomic E-state index is 0. The fourth-order valence-electron chi connectivity index (χ4n) is 1.22. The second-order valence-electron chi connectivity index (χ2n) is 3.08. The van der Waals surface area contributed by atoms with Crippen molar-refractivity contribution in [2.75, 3.05) is 5.73 Å². The smallest absolute Gasteiger partial charge is 0.693 e. The summed E-state index contributed by atoms with van der Waals surface area (Å²) in [6, 6.07) is 3.25. The second-order valence-corrected chi connectivity index (χ2v) is 4.30. The van der Waals surface area contributed by atoms with Gasteiger partial charge in [-0.3, -0.25) is 4.98 Å². The van der Waals surface area contributed by atoms with Crippen LogP contribution in [0.15, 0.2) is 24.5 Å². The van der Waals surface area contributed by atoms with Gasteiger partial charge in [0, 0.05) is 10.6 Å². The van der Waals surface area contributed by atoms with Gasteiger partial charge in [-0.05, 0) is 12.1 Å². The molecule has 1 heterocycles. The summed E-state index contributed by atoms with van der Waals surface area (Å²) < 4.78 is 0. The van der Waals surface area contributed by atoms with E-state index >= 15 is 0 Å². The van der Waals surface area contributed by atoms with Gasteiger partial charge in [0.2, 0.25) is 0 Å². The summed E-state index contributed by atoms with van der Waals surface area (Å²) in [5.41, 5.74) is 6.65. The van der Waals surface area contributed by atoms with Crippen molar-refractivity contribution in [3.05, 3.63) is 45.7 Å². The zero-order valence-corrected chi connectivity index (χ0v) is 12.8. The van der Waals surface area contributed by atoms with Crippen LogP contribution in [0.25, 0.3) is 17.4 Å². The molecule has 2 rings (SSSR count). The minimum absolute atomic E-state index is 0. The Morgan fingerprint density at radius 2 is 1.55 bits per heavy atom. The number of benzene rings is 1. The number of rotatable bonds is 1. The maximum absolute atomic E-state index is 6.05. The van der Waals surface area contributed by atoms with Crippen LogP contribution >= 0.6 is 34.8 Å². The molecule has 20 heavy (non-hydrogen) atoms. The van der Waals surface area contributed by atoms with E-state index in [0.717, 1.165) is 0 Å². The minimum Gasteiger partial charge on any atom is -0.693 e. The number of nitrogens with zero attached hydrogens (tertiary/aromatic N) is 2. The van der Waals surface area contributed by atoms with Gasteiger partial charge in [0.05, 0.1) is 28.1 Å². The number of hydrogen-bond acceptors (Lipinski definition) is 3. The molecule has 0 fully saturated rings. The number of anilines is 1. The van der Waals surface area contributed by atoms with E-state index in [-0.39, 0.29) is 36.0 Å². The van der Waals surface area contributed by atoms with Crippen LogP contribution in [-0.4, -0.2) is 20.9 Å². The molecule has 0 saturated heterocycles. The number of aromatic nitrogens is 2. The number of nitrogens with two attached hydrogens (primary N) is 2. The summed E-state index contributed by atoms with van der Waals surface area (Å²) in [5, 5.41) is 1.26. The quantitative estimate of drug-likeness (QED) is 0.566. The molecule has 2 aromatic rings. The third kappa shape index (κ3) is 5.44. The van der Waals surface area contributed by atoms with Crippen molar-refractivity contribution in [2.45, 2.75) is 0 Å². The molecule has 0 radical (unpaired) electrons. The molecule has 1 aromatic heterocycles. The first-order valence-electron chi connectivity index (χ1n) is 4.30. The van der Waals surface area contributed by atoms with Crippen molar-refractivity contribution in [2.24, 2.45) is 0 Å². The van der Waals surface area contributed by atoms with Crippen molar-refractivity contribution < 1.29 is 29.8 Å². The van der Waals surface area contributed by atoms with Crippen LogP contribution in [0.3, 0.4) is 0 Å². The zero-order chi connectivity index (χ0) is 11.7. The van der Waals surface area contributed by atoms with Crippen LogP contribution in [0.5, 0.6) is 0 Å². The molecule has 0 aliphatic heterocycles. The number of hydrogen-bond donors (Lipinski definition) is 1. The molecule has 0 aliphatic carbocycles. The fraction of sp³-hybridized carbons (Fsp3) is 0. The van der Waals surface area contributed by atoms with Gasteiger partial charge in [-0.25, -0.2) is 4.98 Å². The van der Waals surface area contributed by atoms with E-state index in [1.807, 2.05) is 0 Å². The molecule has 0 aliphatic rings. The van der Waals surface area contributed by atoms with Gasteiger partial charge in [-0.15, -0.1) is 0 Å². The van der Waals surface area contributed by atoms with Crippen molar-refractivity contribution in [3.8, 4) is 11.3 Å². The normalized spacial score (nSPS) is 8.35. The molecular weight excluding hydrogens is 321 g/mol. The molecule has 0 atom stereocenters. The number of halogens is 3. The topological polar surface area (TPSA) is 148 Å². The predicted molar refractivity (Wildman–Crippen MR) is 79.4 cm³/mol. The Morgan fingerprint density at radius 1 is 0.950 bits per heavy atom. The molecule has 0 saturated carbocycles. The van der Waals surface area contributed by atoms with Gasteiger partial charge in [-0.1, -0.05) is 34.8 Å². The van der Waals surface area contributed by atoms with E-state index in [9.17, 15) is 0 Å². The predicted octanol–water partition coefficient (Wildman–Crippen LogP) is -0.242. The van der Waals surface area contributed by atoms with E-state index in [1.165, 1.54) is 12.4 Å². The molecule has 8 N–H and O–H groups in total. The first kappa shape index (κ1) is 24.5. The summed E-state index contributed by atoms with van der Waals surface area (Å²) >= 11 is 17.8. The van der Waals surface area contributed by atoms with Crippen molar-refractivity contribution >= 4 is 40.6 Å². The Balaban J connectivity index is -0.000000722. The molecule has 0 amide bonds. The van der Waals surface area contributed by atoms with Gasteiger partial charge in [0.25, 0.3) is 0 Å². The van der Waals surface area contributed by atoms with Crippen molar-refractivity contribution in [1.29, 1.82) is 0 Å². The molecule has 0 spiro atoms. The van der Waals surface area contributed by atoms with E-state index < -0.39 is 0 Å². The average molecular weight is 334 g/mol. The molecule has 6 nitrogen and oxygen atoms in total. The van der Waals surface area contributed by atoms with Gasteiger partial charge in [0.15, 0.2) is 0 Å². The first-order valence-corrected chi connectivity index (χ1v) is 5.44. The van der Waals surface area contributed by atoms with E-state index in [1.54, 1.807) is 12.1 Å². The fourth-order valence-corrected chi connectivity index (χ4v) is 1.92. The maximum atomic E-state index is 6.05. The second kappa shape index (κ2) is 10.2. The average Bonchev–Trinajstić information content (AvgIpc) is 2.25. The Morgan fingerprint density at radius 3 is 2.05 bits per heavy atom. The van der Waals surface area contributed by atoms with Crippen LogP contribution in [-0.2, 0) is 0 Å². The Hall–Kier alpha value is -0.553. The van der Waals surface area contributed by atoms with Crippen molar-refractivity contribution in [1.82, 2.24) is 9.97 Å². The van der Waals surface area contributed by atoms with Gasteiger partial charge in [-0.2, -0.15) is 0 Å². The monoisotopic (exact) mass is 332 g/mol. The summed E-state index contributed by atoms with van der Waals surface area (Å²) in [6.45, 7) is 0. The molecule has 10 heteroatoms. The number of nitrogen functional groups attached to an aromatic ring is 1. The first-order chi connectivity index (χ1) is 7.58. The molecule has 1 aromatic carbocycles. The van der Waals surface area contributed by atoms with E-state index in [4.69, 9.17) is 40.5 Å². The summed E-state index contributed by atoms with van der Waals surface area (Å²) in [6.07, 6.45) is 2.96. The Bertz CT molecular complexity index is 543. The van der Waals surface area contributed by atoms with Crippen LogP contribution in [0.1, 0.15) is 0 Å². The van der Waals surface area contributed by atoms with Crippen molar-refractivity contribution in [3.63, 3.8) is 0 Å². The zero-order valence-electron chi connectivity index (χ0n) is 10.5. The van der Waals surface area contributed by atoms with E-state index in [0.29, 0.717) is 32.1 Å². The van der Waals surface area contributed by atoms with Crippen LogP contribution in [0.4, 0.5) is 5.82 Å². The third-order valence-electron chi connectivity index (χ3n) is 1.94. The van der Waals surface area contributed by atoms with Gasteiger partial charge < -0.3 is 22.8 Å². The summed E-state index contributed by atoms with van der Waals surface area (Å²) in [4.78, 5) is 8.03. The van der Waals surface area contributed by atoms with Gasteiger partial charge >= 0.3 is 18.9 Å². The molecular formula is C10H12Cl3LiN4O2. The summed E-state index contributed by atoms with van der Waals surface area (Å²) in [7, 11) is 0. The van der Waals surface area contributed by atoms with Gasteiger partial charge in [0.1, 0.15) is 5.82 Å². The molecule has 0 bridgehead atoms. The molecule has 0 unspecified atom stereocenters. The largest absolute Gasteiger partial charge is 1.00 e. The summed E-state index contributed by atoms with van der Waals surface area (Å²) in [5.74, 6) is 0.341. The van der Waals surface area contributed by atoms with Crippen LogP contribution in [0.2, 0.25) is 15.1 Å². The van der Waals surface area contributed by atoms with Crippen LogP contribution in [0, 0.1) is 0 Å². The van der Waals surface area contributed by atoms with Crippen LogP contribution < -0.4 is 24.6 Å². The maximum Gasteiger partial charge on any atom is 1.00 e.